The highest BCUT2D eigenvalue weighted by Gasteiger charge is 2.62. The highest BCUT2D eigenvalue weighted by atomic mass is 16.5. The van der Waals surface area contributed by atoms with Crippen molar-refractivity contribution in [3.63, 3.8) is 0 Å². The number of piperidine rings is 1. The smallest absolute Gasteiger partial charge is 0.220 e. The minimum atomic E-state index is -0.250. The van der Waals surface area contributed by atoms with Gasteiger partial charge in [-0.2, -0.15) is 0 Å². The van der Waals surface area contributed by atoms with Gasteiger partial charge in [0.2, 0.25) is 5.91 Å². The third kappa shape index (κ3) is 5.78. The number of likely N-dealkylation sites (N-methyl/N-ethyl adjacent to an activating group) is 1. The average Bonchev–Trinajstić information content (AvgIpc) is 2.89. The van der Waals surface area contributed by atoms with Crippen LogP contribution in [0.2, 0.25) is 0 Å². The zero-order valence-electron chi connectivity index (χ0n) is 22.7. The fraction of sp³-hybridized carbons (Fsp3) is 0.581. The van der Waals surface area contributed by atoms with Crippen LogP contribution in [0, 0.1) is 0 Å². The zero-order valence-corrected chi connectivity index (χ0v) is 22.7. The molecule has 1 aliphatic heterocycles. The maximum absolute atomic E-state index is 12.9. The first-order valence-electron chi connectivity index (χ1n) is 13.7. The largest absolute Gasteiger partial charge is 0.497 e. The molecule has 2 aromatic rings. The Kier molecular flexibility index (Phi) is 8.41. The second-order valence-corrected chi connectivity index (χ2v) is 11.6. The lowest BCUT2D eigenvalue weighted by Gasteiger charge is -2.60. The molecule has 196 valence electrons. The van der Waals surface area contributed by atoms with Gasteiger partial charge in [0.05, 0.1) is 27.7 Å². The van der Waals surface area contributed by atoms with Gasteiger partial charge in [0.25, 0.3) is 0 Å². The van der Waals surface area contributed by atoms with Gasteiger partial charge in [0.15, 0.2) is 0 Å². The molecule has 4 rings (SSSR count). The summed E-state index contributed by atoms with van der Waals surface area (Å²) in [6.07, 6.45) is 8.70. The Bertz CT molecular complexity index is 1010. The van der Waals surface area contributed by atoms with Crippen molar-refractivity contribution in [3.05, 3.63) is 65.7 Å². The number of hydrogen-bond acceptors (Lipinski definition) is 3. The van der Waals surface area contributed by atoms with Crippen LogP contribution in [0.25, 0.3) is 0 Å². The number of carbonyl (C=O) groups excluding carboxylic acids is 1. The lowest BCUT2D eigenvalue weighted by atomic mass is 9.54. The quantitative estimate of drug-likeness (QED) is 0.362. The topological polar surface area (TPSA) is 47.6 Å². The summed E-state index contributed by atoms with van der Waals surface area (Å²) in [6.45, 7) is 2.06. The number of fused-ring (bicyclic) bond motifs is 1. The first-order chi connectivity index (χ1) is 17.3. The summed E-state index contributed by atoms with van der Waals surface area (Å²) >= 11 is 0. The molecule has 1 aliphatic carbocycles. The fourth-order valence-corrected chi connectivity index (χ4v) is 6.85. The van der Waals surface area contributed by atoms with Crippen LogP contribution < -0.4 is 10.1 Å². The van der Waals surface area contributed by atoms with Crippen molar-refractivity contribution in [2.75, 3.05) is 41.4 Å². The number of rotatable bonds is 10. The number of unbranched alkanes of at least 4 members (excludes halogenated alkanes) is 2. The molecular weight excluding hydrogens is 448 g/mol. The molecule has 2 aromatic carbocycles. The molecule has 3 atom stereocenters. The first kappa shape index (κ1) is 26.7. The highest BCUT2D eigenvalue weighted by molar-refractivity contribution is 5.76. The third-order valence-corrected chi connectivity index (χ3v) is 8.78. The van der Waals surface area contributed by atoms with Gasteiger partial charge in [0, 0.05) is 31.4 Å². The van der Waals surface area contributed by atoms with Crippen molar-refractivity contribution in [1.82, 2.24) is 5.32 Å². The lowest BCUT2D eigenvalue weighted by molar-refractivity contribution is -0.905. The van der Waals surface area contributed by atoms with E-state index in [1.165, 1.54) is 11.1 Å². The van der Waals surface area contributed by atoms with Crippen LogP contribution in [-0.4, -0.2) is 63.4 Å². The molecule has 1 saturated heterocycles. The van der Waals surface area contributed by atoms with Gasteiger partial charge in [0.1, 0.15) is 17.9 Å². The molecular formula is C31H45N2O3+. The van der Waals surface area contributed by atoms with Crippen LogP contribution in [0.15, 0.2) is 54.6 Å². The molecule has 36 heavy (non-hydrogen) atoms. The molecule has 0 bridgehead atoms. The van der Waals surface area contributed by atoms with Crippen molar-refractivity contribution in [2.45, 2.75) is 74.8 Å². The van der Waals surface area contributed by atoms with E-state index in [1.54, 1.807) is 7.11 Å². The van der Waals surface area contributed by atoms with Crippen molar-refractivity contribution in [3.8, 4) is 5.75 Å². The molecule has 1 heterocycles. The number of nitrogens with one attached hydrogen (secondary N) is 1. The van der Waals surface area contributed by atoms with Gasteiger partial charge >= 0.3 is 0 Å². The lowest BCUT2D eigenvalue weighted by Crippen LogP contribution is -2.71. The van der Waals surface area contributed by atoms with Crippen molar-refractivity contribution in [1.29, 1.82) is 0 Å². The summed E-state index contributed by atoms with van der Waals surface area (Å²) in [7, 11) is 8.23. The number of carbonyl (C=O) groups is 1. The number of methoxy groups -OCH3 is 2. The predicted molar refractivity (Wildman–Crippen MR) is 145 cm³/mol. The molecule has 0 unspecified atom stereocenters. The second-order valence-electron chi connectivity index (χ2n) is 11.6. The van der Waals surface area contributed by atoms with Crippen LogP contribution >= 0.6 is 0 Å². The van der Waals surface area contributed by atoms with Crippen LogP contribution in [0.4, 0.5) is 0 Å². The van der Waals surface area contributed by atoms with Crippen LogP contribution in [-0.2, 0) is 21.4 Å². The molecule has 1 amide bonds. The number of quaternary nitrogens is 1. The van der Waals surface area contributed by atoms with E-state index >= 15 is 0 Å². The number of benzene rings is 2. The van der Waals surface area contributed by atoms with E-state index in [0.29, 0.717) is 6.42 Å². The summed E-state index contributed by atoms with van der Waals surface area (Å²) in [4.78, 5) is 12.9. The van der Waals surface area contributed by atoms with Crippen molar-refractivity contribution < 1.29 is 18.8 Å². The zero-order chi connectivity index (χ0) is 25.7. The Morgan fingerprint density at radius 1 is 1.03 bits per heavy atom. The van der Waals surface area contributed by atoms with Gasteiger partial charge in [-0.25, -0.2) is 0 Å². The Morgan fingerprint density at radius 2 is 1.83 bits per heavy atom. The van der Waals surface area contributed by atoms with Crippen LogP contribution in [0.5, 0.6) is 5.75 Å². The number of nitrogens with zero attached hydrogens (tertiary/aromatic N) is 1. The van der Waals surface area contributed by atoms with Gasteiger partial charge < -0.3 is 19.3 Å². The molecule has 0 aromatic heterocycles. The van der Waals surface area contributed by atoms with E-state index in [0.717, 1.165) is 74.7 Å². The maximum Gasteiger partial charge on any atom is 0.220 e. The fourth-order valence-electron chi connectivity index (χ4n) is 6.85. The van der Waals surface area contributed by atoms with Crippen LogP contribution in [0.3, 0.4) is 0 Å². The molecule has 1 saturated carbocycles. The standard InChI is InChI=1S/C31H44N2O3/c1-33(2)21-20-30(26-15-11-16-28(22-26)35-3)23-27(18-19-31(30,24-33)36-4)32-29(34)17-10-6-9-14-25-12-7-5-8-13-25/h5,7-8,11-13,15-16,22,27H,6,9-10,14,17-21,23-24H2,1-4H3/p+1/t27-,30+,31+/m1/s1. The highest BCUT2D eigenvalue weighted by Crippen LogP contribution is 2.54. The molecule has 5 heteroatoms. The number of likely N-dealkylation sites (tertiary alicyclic amines) is 1. The van der Waals surface area contributed by atoms with E-state index in [2.05, 4.69) is 67.9 Å². The minimum Gasteiger partial charge on any atom is -0.497 e. The van der Waals surface area contributed by atoms with E-state index in [9.17, 15) is 4.79 Å². The SMILES string of the molecule is COc1cccc([C@@]23CC[N+](C)(C)C[C@@]2(OC)CC[C@@H](NC(=O)CCCCCc2ccccc2)C3)c1. The monoisotopic (exact) mass is 493 g/mol. The Balaban J connectivity index is 1.41. The van der Waals surface area contributed by atoms with Gasteiger partial charge in [-0.15, -0.1) is 0 Å². The normalized spacial score (nSPS) is 27.2. The molecule has 2 aliphatic rings. The van der Waals surface area contributed by atoms with Crippen LogP contribution in [0.1, 0.15) is 62.5 Å². The van der Waals surface area contributed by atoms with E-state index in [1.807, 2.05) is 13.2 Å². The predicted octanol–water partition coefficient (Wildman–Crippen LogP) is 5.27. The van der Waals surface area contributed by atoms with Gasteiger partial charge in [-0.3, -0.25) is 4.79 Å². The molecule has 5 nitrogen and oxygen atoms in total. The summed E-state index contributed by atoms with van der Waals surface area (Å²) in [5.74, 6) is 1.07. The second kappa shape index (κ2) is 11.4. The molecule has 0 spiro atoms. The Hall–Kier alpha value is -2.37. The Morgan fingerprint density at radius 3 is 2.58 bits per heavy atom. The van der Waals surface area contributed by atoms with E-state index < -0.39 is 0 Å². The first-order valence-corrected chi connectivity index (χ1v) is 13.7. The molecule has 0 radical (unpaired) electrons. The maximum atomic E-state index is 12.9. The molecule has 1 N–H and O–H groups in total. The average molecular weight is 494 g/mol. The number of aryl methyl sites for hydroxylation is 1. The number of amides is 1. The van der Waals surface area contributed by atoms with Gasteiger partial charge in [-0.1, -0.05) is 48.9 Å². The minimum absolute atomic E-state index is 0.143. The third-order valence-electron chi connectivity index (χ3n) is 8.78. The van der Waals surface area contributed by atoms with E-state index in [4.69, 9.17) is 9.47 Å². The Labute approximate surface area is 217 Å². The van der Waals surface area contributed by atoms with Crippen molar-refractivity contribution >= 4 is 5.91 Å². The summed E-state index contributed by atoms with van der Waals surface area (Å²) in [5.41, 5.74) is 2.27. The number of ether oxygens (including phenoxy) is 2. The van der Waals surface area contributed by atoms with E-state index in [-0.39, 0.29) is 23.0 Å². The van der Waals surface area contributed by atoms with Gasteiger partial charge in [-0.05, 0) is 61.8 Å². The summed E-state index contributed by atoms with van der Waals surface area (Å²) in [5, 5.41) is 3.41. The number of hydrogen-bond donors (Lipinski definition) is 1. The molecule has 2 fully saturated rings. The summed E-state index contributed by atoms with van der Waals surface area (Å²) in [6, 6.07) is 19.3. The summed E-state index contributed by atoms with van der Waals surface area (Å²) < 4.78 is 13.0. The van der Waals surface area contributed by atoms with Crippen molar-refractivity contribution in [2.24, 2.45) is 0 Å².